The van der Waals surface area contributed by atoms with E-state index in [-0.39, 0.29) is 12.5 Å². The van der Waals surface area contributed by atoms with E-state index in [4.69, 9.17) is 0 Å². The molecule has 0 fully saturated rings. The normalized spacial score (nSPS) is 13.8. The first-order valence-corrected chi connectivity index (χ1v) is 6.50. The van der Waals surface area contributed by atoms with Crippen molar-refractivity contribution in [3.8, 4) is 0 Å². The average molecular weight is 262 g/mol. The monoisotopic (exact) mass is 262 g/mol. The first-order valence-electron chi connectivity index (χ1n) is 6.50. The van der Waals surface area contributed by atoms with Crippen molar-refractivity contribution in [1.82, 2.24) is 5.32 Å². The Bertz CT molecular complexity index is 499. The molecular weight excluding hydrogens is 244 g/mol. The summed E-state index contributed by atoms with van der Waals surface area (Å²) in [4.78, 5) is 24.8. The molecule has 19 heavy (non-hydrogen) atoms. The van der Waals surface area contributed by atoms with Crippen molar-refractivity contribution in [3.05, 3.63) is 29.3 Å². The fourth-order valence-electron chi connectivity index (χ4n) is 2.49. The molecule has 0 aliphatic carbocycles. The van der Waals surface area contributed by atoms with Gasteiger partial charge in [-0.1, -0.05) is 6.07 Å². The number of hydrogen-bond donors (Lipinski definition) is 2. The minimum Gasteiger partial charge on any atom is -0.478 e. The molecule has 1 heterocycles. The van der Waals surface area contributed by atoms with E-state index in [0.717, 1.165) is 30.6 Å². The number of carboxylic acid groups (broad SMARTS) is 1. The SMILES string of the molecule is CCNC(=O)CN1CCCc2c(C(=O)O)cccc21. The van der Waals surface area contributed by atoms with E-state index in [1.165, 1.54) is 0 Å². The molecule has 0 atom stereocenters. The van der Waals surface area contributed by atoms with Crippen molar-refractivity contribution < 1.29 is 14.7 Å². The second-order valence-corrected chi connectivity index (χ2v) is 4.59. The molecule has 0 aromatic heterocycles. The molecule has 0 unspecified atom stereocenters. The van der Waals surface area contributed by atoms with Crippen LogP contribution in [0.3, 0.4) is 0 Å². The van der Waals surface area contributed by atoms with Crippen molar-refractivity contribution in [1.29, 1.82) is 0 Å². The van der Waals surface area contributed by atoms with Crippen LogP contribution < -0.4 is 10.2 Å². The molecule has 0 saturated carbocycles. The Morgan fingerprint density at radius 3 is 2.89 bits per heavy atom. The summed E-state index contributed by atoms with van der Waals surface area (Å²) in [5, 5.41) is 12.0. The highest BCUT2D eigenvalue weighted by Gasteiger charge is 2.23. The summed E-state index contributed by atoms with van der Waals surface area (Å²) >= 11 is 0. The fourth-order valence-corrected chi connectivity index (χ4v) is 2.49. The summed E-state index contributed by atoms with van der Waals surface area (Å²) in [6.07, 6.45) is 1.63. The maximum absolute atomic E-state index is 11.7. The van der Waals surface area contributed by atoms with Crippen LogP contribution in [0.15, 0.2) is 18.2 Å². The van der Waals surface area contributed by atoms with Crippen LogP contribution in [0, 0.1) is 0 Å². The van der Waals surface area contributed by atoms with E-state index in [0.29, 0.717) is 12.1 Å². The van der Waals surface area contributed by atoms with Gasteiger partial charge in [-0.05, 0) is 37.5 Å². The Labute approximate surface area is 112 Å². The van der Waals surface area contributed by atoms with Crippen LogP contribution in [0.4, 0.5) is 5.69 Å². The number of carboxylic acids is 1. The topological polar surface area (TPSA) is 69.6 Å². The van der Waals surface area contributed by atoms with Gasteiger partial charge in [0.05, 0.1) is 12.1 Å². The predicted molar refractivity (Wildman–Crippen MR) is 72.6 cm³/mol. The van der Waals surface area contributed by atoms with Crippen LogP contribution in [0.5, 0.6) is 0 Å². The van der Waals surface area contributed by atoms with Gasteiger partial charge in [0.25, 0.3) is 0 Å². The molecule has 1 amide bonds. The van der Waals surface area contributed by atoms with E-state index in [9.17, 15) is 14.7 Å². The molecule has 1 aliphatic rings. The third kappa shape index (κ3) is 2.86. The summed E-state index contributed by atoms with van der Waals surface area (Å²) in [5.74, 6) is -0.937. The minimum absolute atomic E-state index is 0.0314. The molecule has 0 spiro atoms. The number of likely N-dealkylation sites (N-methyl/N-ethyl adjacent to an activating group) is 1. The Morgan fingerprint density at radius 2 is 2.21 bits per heavy atom. The largest absolute Gasteiger partial charge is 0.478 e. The third-order valence-electron chi connectivity index (χ3n) is 3.29. The fraction of sp³-hybridized carbons (Fsp3) is 0.429. The van der Waals surface area contributed by atoms with Gasteiger partial charge in [0, 0.05) is 18.8 Å². The van der Waals surface area contributed by atoms with Crippen molar-refractivity contribution in [3.63, 3.8) is 0 Å². The Balaban J connectivity index is 2.27. The molecule has 5 heteroatoms. The average Bonchev–Trinajstić information content (AvgIpc) is 2.38. The summed E-state index contributed by atoms with van der Waals surface area (Å²) in [6.45, 7) is 3.55. The molecule has 0 radical (unpaired) electrons. The zero-order valence-corrected chi connectivity index (χ0v) is 11.0. The second kappa shape index (κ2) is 5.73. The van der Waals surface area contributed by atoms with Crippen molar-refractivity contribution in [2.75, 3.05) is 24.5 Å². The van der Waals surface area contributed by atoms with Crippen molar-refractivity contribution in [2.45, 2.75) is 19.8 Å². The Kier molecular flexibility index (Phi) is 4.04. The highest BCUT2D eigenvalue weighted by Crippen LogP contribution is 2.29. The summed E-state index contributed by atoms with van der Waals surface area (Å²) in [7, 11) is 0. The van der Waals surface area contributed by atoms with Crippen molar-refractivity contribution in [2.24, 2.45) is 0 Å². The number of benzene rings is 1. The van der Waals surface area contributed by atoms with Gasteiger partial charge < -0.3 is 15.3 Å². The smallest absolute Gasteiger partial charge is 0.336 e. The lowest BCUT2D eigenvalue weighted by Gasteiger charge is -2.31. The second-order valence-electron chi connectivity index (χ2n) is 4.59. The van der Waals surface area contributed by atoms with E-state index in [2.05, 4.69) is 5.32 Å². The van der Waals surface area contributed by atoms with Crippen LogP contribution in [0.2, 0.25) is 0 Å². The van der Waals surface area contributed by atoms with Crippen LogP contribution >= 0.6 is 0 Å². The van der Waals surface area contributed by atoms with Gasteiger partial charge in [-0.3, -0.25) is 4.79 Å². The zero-order valence-electron chi connectivity index (χ0n) is 11.0. The standard InChI is InChI=1S/C14H18N2O3/c1-2-15-13(17)9-16-8-4-6-10-11(14(18)19)5-3-7-12(10)16/h3,5,7H,2,4,6,8-9H2,1H3,(H,15,17)(H,18,19). The lowest BCUT2D eigenvalue weighted by Crippen LogP contribution is -2.40. The lowest BCUT2D eigenvalue weighted by molar-refractivity contribution is -0.119. The zero-order chi connectivity index (χ0) is 13.8. The minimum atomic E-state index is -0.906. The number of hydrogen-bond acceptors (Lipinski definition) is 3. The maximum atomic E-state index is 11.7. The number of nitrogens with zero attached hydrogens (tertiary/aromatic N) is 1. The predicted octanol–water partition coefficient (Wildman–Crippen LogP) is 1.27. The molecule has 2 N–H and O–H groups in total. The number of carbonyl (C=O) groups excluding carboxylic acids is 1. The Hall–Kier alpha value is -2.04. The van der Waals surface area contributed by atoms with Gasteiger partial charge in [-0.25, -0.2) is 4.79 Å². The molecular formula is C14H18N2O3. The van der Waals surface area contributed by atoms with Crippen LogP contribution in [0.1, 0.15) is 29.3 Å². The first kappa shape index (κ1) is 13.4. The summed E-state index contributed by atoms with van der Waals surface area (Å²) in [5.41, 5.74) is 2.06. The molecule has 0 saturated heterocycles. The molecule has 1 aromatic rings. The van der Waals surface area contributed by atoms with Crippen LogP contribution in [-0.4, -0.2) is 36.6 Å². The van der Waals surface area contributed by atoms with E-state index >= 15 is 0 Å². The molecule has 102 valence electrons. The van der Waals surface area contributed by atoms with E-state index in [1.807, 2.05) is 17.9 Å². The maximum Gasteiger partial charge on any atom is 0.336 e. The van der Waals surface area contributed by atoms with Crippen LogP contribution in [0.25, 0.3) is 0 Å². The molecule has 2 rings (SSSR count). The molecule has 1 aromatic carbocycles. The Morgan fingerprint density at radius 1 is 1.42 bits per heavy atom. The van der Waals surface area contributed by atoms with E-state index in [1.54, 1.807) is 12.1 Å². The number of aromatic carboxylic acids is 1. The highest BCUT2D eigenvalue weighted by atomic mass is 16.4. The highest BCUT2D eigenvalue weighted by molar-refractivity contribution is 5.92. The molecule has 0 bridgehead atoms. The summed E-state index contributed by atoms with van der Waals surface area (Å²) in [6, 6.07) is 5.25. The number of anilines is 1. The quantitative estimate of drug-likeness (QED) is 0.857. The van der Waals surface area contributed by atoms with Gasteiger partial charge in [0.2, 0.25) is 5.91 Å². The summed E-state index contributed by atoms with van der Waals surface area (Å²) < 4.78 is 0. The third-order valence-corrected chi connectivity index (χ3v) is 3.29. The van der Waals surface area contributed by atoms with Crippen LogP contribution in [-0.2, 0) is 11.2 Å². The number of fused-ring (bicyclic) bond motifs is 1. The first-order chi connectivity index (χ1) is 9.13. The molecule has 1 aliphatic heterocycles. The van der Waals surface area contributed by atoms with Gasteiger partial charge >= 0.3 is 5.97 Å². The lowest BCUT2D eigenvalue weighted by atomic mass is 9.96. The number of nitrogens with one attached hydrogen (secondary N) is 1. The van der Waals surface area contributed by atoms with Crippen molar-refractivity contribution >= 4 is 17.6 Å². The molecule has 5 nitrogen and oxygen atoms in total. The van der Waals surface area contributed by atoms with Gasteiger partial charge in [-0.2, -0.15) is 0 Å². The number of carbonyl (C=O) groups is 2. The van der Waals surface area contributed by atoms with Gasteiger partial charge in [0.15, 0.2) is 0 Å². The number of amides is 1. The van der Waals surface area contributed by atoms with Gasteiger partial charge in [-0.15, -0.1) is 0 Å². The van der Waals surface area contributed by atoms with E-state index < -0.39 is 5.97 Å². The number of rotatable bonds is 4. The van der Waals surface area contributed by atoms with Gasteiger partial charge in [0.1, 0.15) is 0 Å².